The fourth-order valence-electron chi connectivity index (χ4n) is 12.0. The molecule has 13 atom stereocenters. The molecule has 0 unspecified atom stereocenters. The van der Waals surface area contributed by atoms with Gasteiger partial charge in [-0.25, -0.2) is 0 Å². The molecule has 1 saturated heterocycles. The van der Waals surface area contributed by atoms with Gasteiger partial charge in [-0.1, -0.05) is 109 Å². The van der Waals surface area contributed by atoms with Gasteiger partial charge in [-0.2, -0.15) is 11.8 Å². The molecular formula is C71H130N12O13S. The van der Waals surface area contributed by atoms with Gasteiger partial charge in [0.2, 0.25) is 65.0 Å². The molecule has 0 aromatic rings. The molecule has 0 aromatic carbocycles. The lowest BCUT2D eigenvalue weighted by atomic mass is 9.91. The zero-order valence-corrected chi connectivity index (χ0v) is 64.9. The maximum atomic E-state index is 15.4. The average Bonchev–Trinajstić information content (AvgIpc) is 0.811. The molecule has 1 aliphatic heterocycles. The molecule has 0 bridgehead atoms. The molecule has 11 amide bonds. The monoisotopic (exact) mass is 1390 g/mol. The van der Waals surface area contributed by atoms with E-state index in [-0.39, 0.29) is 68.1 Å². The number of carbonyl (C=O) groups excluding carboxylic acids is 11. The molecule has 7 N–H and O–H groups in total. The lowest BCUT2D eigenvalue weighted by Crippen LogP contribution is -2.64. The zero-order valence-electron chi connectivity index (χ0n) is 64.0. The molecule has 1 fully saturated rings. The second-order valence-electron chi connectivity index (χ2n) is 29.9. The summed E-state index contributed by atoms with van der Waals surface area (Å²) in [6, 6.07) is -14.1. The number of thioether (sulfide) groups is 1. The Morgan fingerprint density at radius 3 is 1.52 bits per heavy atom. The molecule has 1 aliphatic rings. The lowest BCUT2D eigenvalue weighted by Gasteiger charge is -2.41. The Morgan fingerprint density at radius 2 is 1.01 bits per heavy atom. The van der Waals surface area contributed by atoms with Gasteiger partial charge in [0.15, 0.2) is 0 Å². The molecule has 0 aliphatic carbocycles. The normalized spacial score (nSPS) is 26.0. The first-order valence-electron chi connectivity index (χ1n) is 35.2. The van der Waals surface area contributed by atoms with Crippen molar-refractivity contribution in [3.8, 4) is 0 Å². The van der Waals surface area contributed by atoms with Crippen LogP contribution in [0.15, 0.2) is 12.2 Å². The zero-order chi connectivity index (χ0) is 75.0. The van der Waals surface area contributed by atoms with E-state index in [1.165, 1.54) is 113 Å². The lowest BCUT2D eigenvalue weighted by molar-refractivity contribution is -0.157. The van der Waals surface area contributed by atoms with Gasteiger partial charge in [0.1, 0.15) is 66.5 Å². The van der Waals surface area contributed by atoms with Crippen LogP contribution in [-0.4, -0.2) is 261 Å². The second-order valence-corrected chi connectivity index (χ2v) is 31.1. The van der Waals surface area contributed by atoms with E-state index < -0.39 is 161 Å². The first-order valence-corrected chi connectivity index (χ1v) is 36.4. The van der Waals surface area contributed by atoms with Crippen LogP contribution in [0.1, 0.15) is 189 Å². The number of rotatable bonds is 24. The fourth-order valence-corrected chi connectivity index (χ4v) is 13.2. The van der Waals surface area contributed by atoms with Crippen LogP contribution < -0.4 is 26.6 Å². The first-order chi connectivity index (χ1) is 44.8. The largest absolute Gasteiger partial charge is 0.390 e. The number of allylic oxidation sites excluding steroid dienone is 2. The minimum atomic E-state index is -1.66. The van der Waals surface area contributed by atoms with Gasteiger partial charge in [-0.3, -0.25) is 52.7 Å². The molecule has 0 saturated carbocycles. The minimum absolute atomic E-state index is 0.0242. The maximum Gasteiger partial charge on any atom is 0.246 e. The van der Waals surface area contributed by atoms with E-state index in [9.17, 15) is 29.4 Å². The van der Waals surface area contributed by atoms with E-state index in [0.717, 1.165) is 29.2 Å². The number of amides is 11. The van der Waals surface area contributed by atoms with Crippen LogP contribution in [0.5, 0.6) is 0 Å². The van der Waals surface area contributed by atoms with Crippen LogP contribution >= 0.6 is 11.8 Å². The summed E-state index contributed by atoms with van der Waals surface area (Å²) in [7, 11) is 9.93. The molecule has 25 nitrogen and oxygen atoms in total. The summed E-state index contributed by atoms with van der Waals surface area (Å²) in [4.78, 5) is 173. The number of nitrogens with one attached hydrogen (secondary N) is 5. The molecule has 97 heavy (non-hydrogen) atoms. The molecule has 1 rings (SSSR count). The van der Waals surface area contributed by atoms with Gasteiger partial charge in [0, 0.05) is 67.5 Å². The molecule has 0 aromatic heterocycles. The van der Waals surface area contributed by atoms with Crippen LogP contribution in [-0.2, 0) is 52.7 Å². The number of aliphatic hydroxyl groups excluding tert-OH is 1. The molecule has 26 heteroatoms. The van der Waals surface area contributed by atoms with Gasteiger partial charge >= 0.3 is 0 Å². The van der Waals surface area contributed by atoms with Crippen molar-refractivity contribution < 1.29 is 63.0 Å². The second kappa shape index (κ2) is 41.6. The van der Waals surface area contributed by atoms with Crippen LogP contribution in [0.3, 0.4) is 0 Å². The molecule has 0 radical (unpaired) electrons. The number of aliphatic hydroxyl groups is 2. The van der Waals surface area contributed by atoms with Crippen LogP contribution in [0.25, 0.3) is 0 Å². The topological polar surface area (TPSA) is 311 Å². The van der Waals surface area contributed by atoms with E-state index in [1.807, 2.05) is 61.5 Å². The van der Waals surface area contributed by atoms with Gasteiger partial charge in [0.05, 0.1) is 11.7 Å². The summed E-state index contributed by atoms with van der Waals surface area (Å²) in [5.74, 6) is -9.37. The average molecular weight is 1390 g/mol. The number of carbonyl (C=O) groups is 11. The quantitative estimate of drug-likeness (QED) is 0.0511. The molecule has 558 valence electrons. The highest BCUT2D eigenvalue weighted by molar-refractivity contribution is 7.99. The van der Waals surface area contributed by atoms with Gasteiger partial charge in [-0.15, -0.1) is 0 Å². The third-order valence-electron chi connectivity index (χ3n) is 18.2. The van der Waals surface area contributed by atoms with Crippen molar-refractivity contribution in [2.45, 2.75) is 274 Å². The Kier molecular flexibility index (Phi) is 38.3. The Hall–Kier alpha value is -5.86. The van der Waals surface area contributed by atoms with Crippen molar-refractivity contribution in [2.24, 2.45) is 35.5 Å². The van der Waals surface area contributed by atoms with Crippen molar-refractivity contribution in [3.05, 3.63) is 12.2 Å². The smallest absolute Gasteiger partial charge is 0.246 e. The Morgan fingerprint density at radius 1 is 0.526 bits per heavy atom. The third kappa shape index (κ3) is 27.3. The Bertz CT molecular complexity index is 2620. The highest BCUT2D eigenvalue weighted by atomic mass is 32.2. The van der Waals surface area contributed by atoms with E-state index in [4.69, 9.17) is 0 Å². The summed E-state index contributed by atoms with van der Waals surface area (Å²) < 4.78 is 0. The van der Waals surface area contributed by atoms with Crippen LogP contribution in [0.4, 0.5) is 0 Å². The molecule has 0 spiro atoms. The molecular weight excluding hydrogens is 1260 g/mol. The van der Waals surface area contributed by atoms with Gasteiger partial charge in [-0.05, 0) is 134 Å². The van der Waals surface area contributed by atoms with Crippen LogP contribution in [0, 0.1) is 35.5 Å². The Balaban J connectivity index is 4.58. The third-order valence-corrected chi connectivity index (χ3v) is 19.4. The highest BCUT2D eigenvalue weighted by Crippen LogP contribution is 2.27. The number of hydrogen-bond acceptors (Lipinski definition) is 15. The summed E-state index contributed by atoms with van der Waals surface area (Å²) in [5.41, 5.74) is -1.58. The van der Waals surface area contributed by atoms with E-state index in [1.54, 1.807) is 54.5 Å². The number of hydrogen-bond donors (Lipinski definition) is 7. The summed E-state index contributed by atoms with van der Waals surface area (Å²) >= 11 is 1.41. The van der Waals surface area contributed by atoms with Gasteiger partial charge < -0.3 is 71.1 Å². The van der Waals surface area contributed by atoms with Crippen molar-refractivity contribution in [3.63, 3.8) is 0 Å². The number of unbranched alkanes of at least 4 members (excludes halogenated alkanes) is 1. The van der Waals surface area contributed by atoms with Crippen molar-refractivity contribution in [1.29, 1.82) is 0 Å². The number of nitrogens with zero attached hydrogens (tertiary/aromatic N) is 7. The minimum Gasteiger partial charge on any atom is -0.390 e. The maximum absolute atomic E-state index is 15.4. The summed E-state index contributed by atoms with van der Waals surface area (Å²) in [5, 5.41) is 38.3. The van der Waals surface area contributed by atoms with Crippen molar-refractivity contribution >= 4 is 76.7 Å². The predicted octanol–water partition coefficient (Wildman–Crippen LogP) is 4.65. The van der Waals surface area contributed by atoms with Crippen molar-refractivity contribution in [1.82, 2.24) is 60.9 Å². The number of likely N-dealkylation sites (N-methyl/N-ethyl adjacent to an activating group) is 7. The SMILES string of the molecule is C/C=C/C[C@@H](C)[C@@H](O)[C@H]1C(=O)N[C@H](CC)C(=O)N(C)[C@H](CSCCCCNC(C)C)C(=O)N(C)[C@@H](CC(C)(C)O)C(=O)N[C@H](C(C)C)C(=O)N(C)[C@H](CC(C)C)C(=O)N[C@H](C)C(=O)N[C@@H](C)C(=O)N(C)[C@@H](CC(C)C)C(=O)N(C)[C@H](CCC(C)C)C(=O)N(C)[C@H](C(C)C)C(=O)N1C. The first kappa shape index (κ1) is 89.2. The Labute approximate surface area is 586 Å². The van der Waals surface area contributed by atoms with E-state index in [2.05, 4.69) is 26.6 Å². The highest BCUT2D eigenvalue weighted by Gasteiger charge is 2.47. The standard InChI is InChI=1S/C71H130N12O13S/c1-27-29-32-47(15)59(84)58-63(88)75-50(28-2)65(90)81(24)55(40-97-36-31-30-35-72-46(13)14)68(93)80(23)54(39-71(18,19)96)62(87)76-56(44(9)10)69(94)78(21)52(37-42(5)6)61(86)73-48(16)60(85)74-49(17)64(89)79(22)53(38-43(7)8)67(92)77(20)51(34-33-41(3)4)66(91)82(25)57(45(11)12)70(95)83(58)26/h27,29,41-59,72,84,96H,28,30-40H2,1-26H3,(H,73,86)(H,74,85)(H,75,88)(H,76,87)/b29-27+/t47-,48-,49+,50-,51-,52-,53+,54+,55-,56-,57-,58+,59-/m1/s1. The molecule has 1 heterocycles. The summed E-state index contributed by atoms with van der Waals surface area (Å²) in [6.07, 6.45) is 4.44. The van der Waals surface area contributed by atoms with Crippen molar-refractivity contribution in [2.75, 3.05) is 67.4 Å². The fraction of sp³-hybridized carbons (Fsp3) is 0.817. The summed E-state index contributed by atoms with van der Waals surface area (Å²) in [6.45, 7) is 34.1. The van der Waals surface area contributed by atoms with Gasteiger partial charge in [0.25, 0.3) is 0 Å². The van der Waals surface area contributed by atoms with Crippen LogP contribution in [0.2, 0.25) is 0 Å². The predicted molar refractivity (Wildman–Crippen MR) is 383 cm³/mol. The van der Waals surface area contributed by atoms with E-state index in [0.29, 0.717) is 12.2 Å². The van der Waals surface area contributed by atoms with E-state index >= 15 is 33.6 Å².